The molecule has 3 rings (SSSR count). The van der Waals surface area contributed by atoms with E-state index >= 15 is 0 Å². The molecular formula is C28H38. The summed E-state index contributed by atoms with van der Waals surface area (Å²) in [5.41, 5.74) is 6.21. The van der Waals surface area contributed by atoms with Gasteiger partial charge in [-0.2, -0.15) is 0 Å². The van der Waals surface area contributed by atoms with E-state index in [0.717, 1.165) is 0 Å². The minimum Gasteiger partial charge on any atom is -0.0616 e. The van der Waals surface area contributed by atoms with Gasteiger partial charge in [-0.15, -0.1) is 0 Å². The zero-order valence-electron chi connectivity index (χ0n) is 19.6. The summed E-state index contributed by atoms with van der Waals surface area (Å²) in [5.74, 6) is 0.976. The average molecular weight is 375 g/mol. The molecule has 0 saturated heterocycles. The highest BCUT2D eigenvalue weighted by atomic mass is 14.3. The molecule has 0 aliphatic carbocycles. The summed E-state index contributed by atoms with van der Waals surface area (Å²) in [6.45, 7) is 23.5. The third-order valence-electron chi connectivity index (χ3n) is 6.02. The number of benzene rings is 3. The Hall–Kier alpha value is -1.82. The van der Waals surface area contributed by atoms with Crippen molar-refractivity contribution in [2.24, 2.45) is 0 Å². The van der Waals surface area contributed by atoms with Gasteiger partial charge in [-0.25, -0.2) is 0 Å². The van der Waals surface area contributed by atoms with Gasteiger partial charge in [0.25, 0.3) is 0 Å². The van der Waals surface area contributed by atoms with Gasteiger partial charge < -0.3 is 0 Å². The van der Waals surface area contributed by atoms with Gasteiger partial charge in [0, 0.05) is 0 Å². The predicted molar refractivity (Wildman–Crippen MR) is 127 cm³/mol. The molecule has 0 heterocycles. The maximum Gasteiger partial charge on any atom is -0.0129 e. The molecule has 0 aliphatic rings. The second kappa shape index (κ2) is 6.90. The summed E-state index contributed by atoms with van der Waals surface area (Å²) in [4.78, 5) is 0. The first kappa shape index (κ1) is 20.9. The summed E-state index contributed by atoms with van der Waals surface area (Å²) < 4.78 is 0. The van der Waals surface area contributed by atoms with Crippen LogP contribution in [0.5, 0.6) is 0 Å². The highest BCUT2D eigenvalue weighted by molar-refractivity contribution is 6.07. The minimum absolute atomic E-state index is 0.120. The molecule has 28 heavy (non-hydrogen) atoms. The molecule has 0 heteroatoms. The molecule has 0 aliphatic heterocycles. The van der Waals surface area contributed by atoms with Crippen molar-refractivity contribution in [3.63, 3.8) is 0 Å². The van der Waals surface area contributed by atoms with Crippen LogP contribution in [-0.2, 0) is 10.8 Å². The maximum atomic E-state index is 2.53. The molecule has 3 aromatic carbocycles. The monoisotopic (exact) mass is 374 g/mol. The lowest BCUT2D eigenvalue weighted by Gasteiger charge is -2.32. The second-order valence-electron chi connectivity index (χ2n) is 11.1. The molecule has 0 amide bonds. The van der Waals surface area contributed by atoms with E-state index in [1.807, 2.05) is 0 Å². The summed E-state index contributed by atoms with van der Waals surface area (Å²) in [7, 11) is 0. The van der Waals surface area contributed by atoms with Crippen molar-refractivity contribution < 1.29 is 0 Å². The van der Waals surface area contributed by atoms with E-state index in [9.17, 15) is 0 Å². The Kier molecular flexibility index (Phi) is 5.15. The van der Waals surface area contributed by atoms with Crippen LogP contribution in [0, 0.1) is 0 Å². The third-order valence-corrected chi connectivity index (χ3v) is 6.02. The normalized spacial score (nSPS) is 13.3. The summed E-state index contributed by atoms with van der Waals surface area (Å²) in [6, 6.07) is 14.1. The van der Waals surface area contributed by atoms with Crippen molar-refractivity contribution in [2.75, 3.05) is 0 Å². The Balaban J connectivity index is 2.66. The topological polar surface area (TPSA) is 0 Å². The standard InChI is InChI=1S/C28H38/c1-17(2)25-19-13-11-12-14-20(19)26(18(3)4)22-16-24(28(8,9)10)23(15-21(22)25)27(5,6)7/h11-18H,1-10H3. The highest BCUT2D eigenvalue weighted by Crippen LogP contribution is 2.44. The zero-order chi connectivity index (χ0) is 21.0. The van der Waals surface area contributed by atoms with E-state index in [4.69, 9.17) is 0 Å². The molecular weight excluding hydrogens is 336 g/mol. The number of fused-ring (bicyclic) bond motifs is 2. The van der Waals surface area contributed by atoms with E-state index in [-0.39, 0.29) is 10.8 Å². The van der Waals surface area contributed by atoms with Crippen molar-refractivity contribution in [3.8, 4) is 0 Å². The molecule has 150 valence electrons. The number of hydrogen-bond acceptors (Lipinski definition) is 0. The SMILES string of the molecule is CC(C)c1c2ccccc2c(C(C)C)c2cc(C(C)(C)C)c(C(C)(C)C)cc12. The van der Waals surface area contributed by atoms with Crippen LogP contribution in [0.25, 0.3) is 21.5 Å². The molecule has 0 unspecified atom stereocenters. The Bertz CT molecular complexity index is 934. The lowest BCUT2D eigenvalue weighted by molar-refractivity contribution is 0.531. The van der Waals surface area contributed by atoms with Crippen molar-refractivity contribution in [1.82, 2.24) is 0 Å². The summed E-state index contributed by atoms with van der Waals surface area (Å²) in [6.07, 6.45) is 0. The lowest BCUT2D eigenvalue weighted by atomic mass is 9.72. The van der Waals surface area contributed by atoms with Gasteiger partial charge in [0.1, 0.15) is 0 Å². The fourth-order valence-electron chi connectivity index (χ4n) is 4.77. The third kappa shape index (κ3) is 3.47. The van der Waals surface area contributed by atoms with E-state index < -0.39 is 0 Å². The van der Waals surface area contributed by atoms with Crippen LogP contribution in [0.2, 0.25) is 0 Å². The quantitative estimate of drug-likeness (QED) is 0.393. The van der Waals surface area contributed by atoms with Gasteiger partial charge in [-0.1, -0.05) is 106 Å². The maximum absolute atomic E-state index is 2.53. The van der Waals surface area contributed by atoms with Crippen LogP contribution >= 0.6 is 0 Å². The van der Waals surface area contributed by atoms with Gasteiger partial charge in [-0.05, 0) is 66.5 Å². The Labute approximate surface area is 172 Å². The molecule has 0 spiro atoms. The first-order chi connectivity index (χ1) is 12.8. The Morgan fingerprint density at radius 3 is 1.11 bits per heavy atom. The lowest BCUT2D eigenvalue weighted by Crippen LogP contribution is -2.22. The fourth-order valence-corrected chi connectivity index (χ4v) is 4.77. The molecule has 3 aromatic rings. The molecule has 0 N–H and O–H groups in total. The van der Waals surface area contributed by atoms with Gasteiger partial charge >= 0.3 is 0 Å². The van der Waals surface area contributed by atoms with Crippen LogP contribution in [0.3, 0.4) is 0 Å². The molecule has 0 saturated carbocycles. The average Bonchev–Trinajstić information content (AvgIpc) is 2.55. The van der Waals surface area contributed by atoms with Crippen molar-refractivity contribution in [3.05, 3.63) is 58.7 Å². The predicted octanol–water partition coefficient (Wildman–Crippen LogP) is 8.83. The summed E-state index contributed by atoms with van der Waals surface area (Å²) in [5, 5.41) is 5.76. The van der Waals surface area contributed by atoms with Gasteiger partial charge in [0.05, 0.1) is 0 Å². The van der Waals surface area contributed by atoms with E-state index in [1.165, 1.54) is 43.8 Å². The first-order valence-corrected chi connectivity index (χ1v) is 10.9. The fraction of sp³-hybridized carbons (Fsp3) is 0.500. The molecule has 0 atom stereocenters. The van der Waals surface area contributed by atoms with E-state index in [0.29, 0.717) is 11.8 Å². The highest BCUT2D eigenvalue weighted by Gasteiger charge is 2.28. The zero-order valence-corrected chi connectivity index (χ0v) is 19.6. The number of hydrogen-bond donors (Lipinski definition) is 0. The van der Waals surface area contributed by atoms with Crippen molar-refractivity contribution in [2.45, 2.75) is 91.9 Å². The Morgan fingerprint density at radius 1 is 0.536 bits per heavy atom. The molecule has 0 fully saturated rings. The van der Waals surface area contributed by atoms with E-state index in [1.54, 1.807) is 0 Å². The smallest absolute Gasteiger partial charge is 0.0129 e. The summed E-state index contributed by atoms with van der Waals surface area (Å²) >= 11 is 0. The largest absolute Gasteiger partial charge is 0.0616 e. The van der Waals surface area contributed by atoms with Gasteiger partial charge in [0.15, 0.2) is 0 Å². The second-order valence-corrected chi connectivity index (χ2v) is 11.1. The molecule has 0 radical (unpaired) electrons. The van der Waals surface area contributed by atoms with Crippen LogP contribution in [-0.4, -0.2) is 0 Å². The molecule has 0 nitrogen and oxygen atoms in total. The van der Waals surface area contributed by atoms with Crippen molar-refractivity contribution in [1.29, 1.82) is 0 Å². The molecule has 0 bridgehead atoms. The first-order valence-electron chi connectivity index (χ1n) is 10.9. The van der Waals surface area contributed by atoms with Gasteiger partial charge in [0.2, 0.25) is 0 Å². The van der Waals surface area contributed by atoms with Crippen LogP contribution in [0.4, 0.5) is 0 Å². The number of rotatable bonds is 2. The van der Waals surface area contributed by atoms with Crippen LogP contribution in [0.1, 0.15) is 103 Å². The van der Waals surface area contributed by atoms with Crippen molar-refractivity contribution >= 4 is 21.5 Å². The van der Waals surface area contributed by atoms with Gasteiger partial charge in [-0.3, -0.25) is 0 Å². The van der Waals surface area contributed by atoms with Crippen LogP contribution < -0.4 is 0 Å². The minimum atomic E-state index is 0.120. The Morgan fingerprint density at radius 2 is 0.857 bits per heavy atom. The van der Waals surface area contributed by atoms with E-state index in [2.05, 4.69) is 106 Å². The van der Waals surface area contributed by atoms with Crippen LogP contribution in [0.15, 0.2) is 36.4 Å². The molecule has 0 aromatic heterocycles.